The Bertz CT molecular complexity index is 208. The summed E-state index contributed by atoms with van der Waals surface area (Å²) in [7, 11) is 1.22. The molecule has 0 aromatic heterocycles. The first-order valence-corrected chi connectivity index (χ1v) is 3.95. The van der Waals surface area contributed by atoms with Crippen molar-refractivity contribution >= 4 is 12.1 Å². The fourth-order valence-electron chi connectivity index (χ4n) is 0.905. The van der Waals surface area contributed by atoms with E-state index >= 15 is 0 Å². The van der Waals surface area contributed by atoms with Crippen molar-refractivity contribution in [2.45, 2.75) is 18.6 Å². The van der Waals surface area contributed by atoms with Crippen LogP contribution in [-0.2, 0) is 9.53 Å². The highest BCUT2D eigenvalue weighted by Crippen LogP contribution is 2.05. The van der Waals surface area contributed by atoms with Crippen molar-refractivity contribution in [3.05, 3.63) is 0 Å². The topological polar surface area (TPSA) is 122 Å². The zero-order chi connectivity index (χ0) is 11.1. The van der Waals surface area contributed by atoms with Gasteiger partial charge in [-0.3, -0.25) is 4.79 Å². The molecule has 0 aromatic rings. The van der Waals surface area contributed by atoms with Gasteiger partial charge in [0.2, 0.25) is 0 Å². The predicted molar refractivity (Wildman–Crippen MR) is 46.6 cm³/mol. The second kappa shape index (κ2) is 6.17. The molecule has 7 nitrogen and oxygen atoms in total. The highest BCUT2D eigenvalue weighted by Gasteiger charge is 2.27. The number of carbonyl (C=O) groups excluding carboxylic acids is 1. The van der Waals surface area contributed by atoms with E-state index in [-0.39, 0.29) is 0 Å². The van der Waals surface area contributed by atoms with Crippen molar-refractivity contribution in [2.24, 2.45) is 5.73 Å². The van der Waals surface area contributed by atoms with Crippen LogP contribution in [0.4, 0.5) is 4.79 Å². The number of ether oxygens (including phenoxy) is 1. The third-order valence-electron chi connectivity index (χ3n) is 1.61. The lowest BCUT2D eigenvalue weighted by atomic mass is 10.2. The molecule has 0 aromatic carbocycles. The predicted octanol–water partition coefficient (Wildman–Crippen LogP) is -1.49. The Hall–Kier alpha value is -1.34. The van der Waals surface area contributed by atoms with Gasteiger partial charge >= 0.3 is 12.1 Å². The van der Waals surface area contributed by atoms with E-state index in [0.717, 1.165) is 0 Å². The van der Waals surface area contributed by atoms with E-state index in [1.165, 1.54) is 7.11 Å². The maximum atomic E-state index is 10.2. The Kier molecular flexibility index (Phi) is 5.58. The van der Waals surface area contributed by atoms with E-state index in [1.807, 2.05) is 0 Å². The Morgan fingerprint density at radius 2 is 2.07 bits per heavy atom. The van der Waals surface area contributed by atoms with E-state index in [9.17, 15) is 9.59 Å². The average molecular weight is 206 g/mol. The molecule has 0 unspecified atom stereocenters. The van der Waals surface area contributed by atoms with Gasteiger partial charge in [-0.15, -0.1) is 0 Å². The minimum Gasteiger partial charge on any atom is -0.480 e. The van der Waals surface area contributed by atoms with Gasteiger partial charge in [-0.05, 0) is 0 Å². The van der Waals surface area contributed by atoms with Crippen molar-refractivity contribution < 1.29 is 24.5 Å². The molecule has 1 aliphatic heterocycles. The molecule has 7 heteroatoms. The van der Waals surface area contributed by atoms with Crippen molar-refractivity contribution in [2.75, 3.05) is 13.7 Å². The average Bonchev–Trinajstić information content (AvgIpc) is 2.53. The fourth-order valence-corrected chi connectivity index (χ4v) is 0.905. The van der Waals surface area contributed by atoms with E-state index in [4.69, 9.17) is 10.2 Å². The number of aliphatic hydroxyl groups is 1. The number of carboxylic acids is 1. The number of rotatable bonds is 1. The molecule has 0 radical (unpaired) electrons. The largest absolute Gasteiger partial charge is 0.480 e. The van der Waals surface area contributed by atoms with Crippen LogP contribution < -0.4 is 11.1 Å². The van der Waals surface area contributed by atoms with Gasteiger partial charge in [0.05, 0.1) is 13.2 Å². The molecule has 0 spiro atoms. The van der Waals surface area contributed by atoms with Crippen LogP contribution >= 0.6 is 0 Å². The number of aliphatic hydroxyl groups excluding tert-OH is 1. The Labute approximate surface area is 80.8 Å². The summed E-state index contributed by atoms with van der Waals surface area (Å²) in [4.78, 5) is 19.5. The van der Waals surface area contributed by atoms with Crippen LogP contribution in [0.3, 0.4) is 0 Å². The number of amides is 1. The zero-order valence-corrected chi connectivity index (χ0v) is 7.77. The van der Waals surface area contributed by atoms with Crippen molar-refractivity contribution in [1.82, 2.24) is 5.32 Å². The maximum absolute atomic E-state index is 10.2. The van der Waals surface area contributed by atoms with Gasteiger partial charge in [0.25, 0.3) is 0 Å². The van der Waals surface area contributed by atoms with Crippen molar-refractivity contribution in [1.29, 1.82) is 0 Å². The number of aliphatic carboxylic acids is 1. The molecular formula is C7H14N2O5. The molecular weight excluding hydrogens is 192 g/mol. The van der Waals surface area contributed by atoms with Crippen LogP contribution in [0.15, 0.2) is 0 Å². The number of carboxylic acid groups (broad SMARTS) is 1. The third-order valence-corrected chi connectivity index (χ3v) is 1.61. The number of carbonyl (C=O) groups is 2. The molecule has 1 saturated heterocycles. The lowest BCUT2D eigenvalue weighted by molar-refractivity contribution is -0.139. The van der Waals surface area contributed by atoms with Crippen molar-refractivity contribution in [3.8, 4) is 0 Å². The van der Waals surface area contributed by atoms with Gasteiger partial charge in [0, 0.05) is 13.0 Å². The maximum Gasteiger partial charge on any atom is 0.404 e. The molecule has 14 heavy (non-hydrogen) atoms. The summed E-state index contributed by atoms with van der Waals surface area (Å²) in [6.45, 7) is 0.400. The molecule has 1 fully saturated rings. The molecule has 1 amide bonds. The van der Waals surface area contributed by atoms with Gasteiger partial charge in [-0.1, -0.05) is 0 Å². The summed E-state index contributed by atoms with van der Waals surface area (Å²) in [6, 6.07) is -0.542. The van der Waals surface area contributed by atoms with E-state index in [0.29, 0.717) is 13.0 Å². The number of nitrogens with one attached hydrogen (secondary N) is 1. The quantitative estimate of drug-likeness (QED) is 0.414. The molecule has 0 saturated carbocycles. The summed E-state index contributed by atoms with van der Waals surface area (Å²) in [5.74, 6) is -0.883. The first-order chi connectivity index (χ1) is 6.47. The van der Waals surface area contributed by atoms with E-state index in [2.05, 4.69) is 15.8 Å². The SMILES string of the molecule is COC(N)=O.O=C(O)[C@@H]1C[C@@H](O)CN1. The van der Waals surface area contributed by atoms with Crippen LogP contribution in [-0.4, -0.2) is 48.1 Å². The summed E-state index contributed by atoms with van der Waals surface area (Å²) >= 11 is 0. The zero-order valence-electron chi connectivity index (χ0n) is 7.77. The van der Waals surface area contributed by atoms with Gasteiger partial charge in [-0.25, -0.2) is 4.79 Å². The molecule has 0 bridgehead atoms. The second-order valence-corrected chi connectivity index (χ2v) is 2.71. The molecule has 2 atom stereocenters. The minimum absolute atomic E-state index is 0.329. The molecule has 1 aliphatic rings. The lowest BCUT2D eigenvalue weighted by Crippen LogP contribution is -2.29. The van der Waals surface area contributed by atoms with Gasteiger partial charge in [0.15, 0.2) is 0 Å². The van der Waals surface area contributed by atoms with Crippen molar-refractivity contribution in [3.63, 3.8) is 0 Å². The molecule has 0 aliphatic carbocycles. The van der Waals surface area contributed by atoms with Gasteiger partial charge in [0.1, 0.15) is 6.04 Å². The van der Waals surface area contributed by atoms with Crippen LogP contribution in [0.5, 0.6) is 0 Å². The molecule has 5 N–H and O–H groups in total. The normalized spacial score (nSPS) is 24.7. The monoisotopic (exact) mass is 206 g/mol. The number of hydrogen-bond donors (Lipinski definition) is 4. The lowest BCUT2D eigenvalue weighted by Gasteiger charge is -1.99. The van der Waals surface area contributed by atoms with E-state index < -0.39 is 24.2 Å². The van der Waals surface area contributed by atoms with Crippen LogP contribution in [0.2, 0.25) is 0 Å². The van der Waals surface area contributed by atoms with Crippen LogP contribution in [0.25, 0.3) is 0 Å². The van der Waals surface area contributed by atoms with Crippen LogP contribution in [0, 0.1) is 0 Å². The first-order valence-electron chi connectivity index (χ1n) is 3.95. The summed E-state index contributed by atoms with van der Waals surface area (Å²) in [5.41, 5.74) is 4.43. The number of hydrogen-bond acceptors (Lipinski definition) is 5. The minimum atomic E-state index is -0.883. The fraction of sp³-hybridized carbons (Fsp3) is 0.714. The number of primary amides is 1. The Balaban J connectivity index is 0.000000292. The highest BCUT2D eigenvalue weighted by molar-refractivity contribution is 5.73. The van der Waals surface area contributed by atoms with Crippen LogP contribution in [0.1, 0.15) is 6.42 Å². The standard InChI is InChI=1S/C5H9NO3.C2H5NO2/c7-3-1-4(5(8)9)6-2-3;1-5-2(3)4/h3-4,6-7H,1-2H2,(H,8,9);1H3,(H2,3,4)/t3-,4+;/m1./s1. The second-order valence-electron chi connectivity index (χ2n) is 2.71. The third kappa shape index (κ3) is 5.33. The smallest absolute Gasteiger partial charge is 0.404 e. The summed E-state index contributed by atoms with van der Waals surface area (Å²) < 4.78 is 3.89. The van der Waals surface area contributed by atoms with Gasteiger partial charge in [-0.2, -0.15) is 0 Å². The first kappa shape index (κ1) is 12.7. The Morgan fingerprint density at radius 3 is 2.21 bits per heavy atom. The number of β-amino-alcohol motifs (C(OH)–C–C–N with tert-alkyl or cyclic N) is 1. The molecule has 82 valence electrons. The highest BCUT2D eigenvalue weighted by atomic mass is 16.5. The number of nitrogens with two attached hydrogens (primary N) is 1. The molecule has 1 rings (SSSR count). The summed E-state index contributed by atoms with van der Waals surface area (Å²) in [5, 5.41) is 19.8. The number of methoxy groups -OCH3 is 1. The van der Waals surface area contributed by atoms with Gasteiger partial charge < -0.3 is 26.0 Å². The van der Waals surface area contributed by atoms with E-state index in [1.54, 1.807) is 0 Å². The Morgan fingerprint density at radius 1 is 1.57 bits per heavy atom. The summed E-state index contributed by atoms with van der Waals surface area (Å²) in [6.07, 6.45) is -0.897. The molecule has 1 heterocycles.